The molecule has 2 aromatic carbocycles. The maximum absolute atomic E-state index is 12.7. The van der Waals surface area contributed by atoms with E-state index in [4.69, 9.17) is 4.74 Å². The quantitative estimate of drug-likeness (QED) is 0.299. The molecule has 8 nitrogen and oxygen atoms in total. The lowest BCUT2D eigenvalue weighted by Crippen LogP contribution is -2.26. The van der Waals surface area contributed by atoms with Gasteiger partial charge in [0.1, 0.15) is 11.6 Å². The standard InChI is InChI=1S/C28H31N5O3/c1-36-28-21(10-7-14-30-28)20-8-6-9-22(25(20)34)26-31-23-12-11-19(18-24(23)32-26)27(35)29-13-2-3-15-33-16-4-5-17-33/h6-12,14,18,34H,2-5,13,15-17H2,1H3,(H,29,35)(H,31,32). The van der Waals surface area contributed by atoms with Gasteiger partial charge in [-0.25, -0.2) is 9.97 Å². The topological polar surface area (TPSA) is 103 Å². The summed E-state index contributed by atoms with van der Waals surface area (Å²) in [5.41, 5.74) is 3.87. The number of fused-ring (bicyclic) bond motifs is 1. The number of aromatic hydroxyl groups is 1. The zero-order valence-electron chi connectivity index (χ0n) is 20.5. The first kappa shape index (κ1) is 23.8. The second kappa shape index (κ2) is 10.8. The number of nitrogens with one attached hydrogen (secondary N) is 2. The second-order valence-corrected chi connectivity index (χ2v) is 9.09. The number of pyridine rings is 1. The molecule has 36 heavy (non-hydrogen) atoms. The molecule has 0 aliphatic carbocycles. The third-order valence-electron chi connectivity index (χ3n) is 6.68. The Morgan fingerprint density at radius 1 is 1.08 bits per heavy atom. The van der Waals surface area contributed by atoms with Crippen molar-refractivity contribution in [1.82, 2.24) is 25.2 Å². The summed E-state index contributed by atoms with van der Waals surface area (Å²) in [6, 6.07) is 14.5. The zero-order chi connectivity index (χ0) is 24.9. The van der Waals surface area contributed by atoms with Gasteiger partial charge in [-0.15, -0.1) is 0 Å². The number of rotatable bonds is 9. The van der Waals surface area contributed by atoms with Crippen LogP contribution in [-0.2, 0) is 0 Å². The summed E-state index contributed by atoms with van der Waals surface area (Å²) >= 11 is 0. The Bertz CT molecular complexity index is 1360. The highest BCUT2D eigenvalue weighted by atomic mass is 16.5. The van der Waals surface area contributed by atoms with E-state index in [0.29, 0.717) is 40.5 Å². The number of imidazole rings is 1. The Labute approximate surface area is 210 Å². The van der Waals surface area contributed by atoms with Crippen molar-refractivity contribution in [2.75, 3.05) is 33.3 Å². The number of phenols is 1. The van der Waals surface area contributed by atoms with E-state index in [1.165, 1.54) is 25.9 Å². The van der Waals surface area contributed by atoms with Crippen LogP contribution in [0.15, 0.2) is 54.7 Å². The molecular formula is C28H31N5O3. The fraction of sp³-hybridized carbons (Fsp3) is 0.321. The number of aromatic nitrogens is 3. The van der Waals surface area contributed by atoms with E-state index in [-0.39, 0.29) is 11.7 Å². The van der Waals surface area contributed by atoms with Crippen LogP contribution in [0.1, 0.15) is 36.0 Å². The van der Waals surface area contributed by atoms with E-state index in [1.54, 1.807) is 37.6 Å². The molecule has 0 bridgehead atoms. The van der Waals surface area contributed by atoms with Gasteiger partial charge in [-0.2, -0.15) is 0 Å². The number of phenolic OH excluding ortho intramolecular Hbond substituents is 1. The molecule has 1 amide bonds. The van der Waals surface area contributed by atoms with Gasteiger partial charge < -0.3 is 25.0 Å². The number of likely N-dealkylation sites (tertiary alicyclic amines) is 1. The maximum atomic E-state index is 12.7. The van der Waals surface area contributed by atoms with Crippen LogP contribution in [0.4, 0.5) is 0 Å². The number of nitrogens with zero attached hydrogens (tertiary/aromatic N) is 3. The average Bonchev–Trinajstić information content (AvgIpc) is 3.58. The molecular weight excluding hydrogens is 454 g/mol. The van der Waals surface area contributed by atoms with Crippen molar-refractivity contribution in [1.29, 1.82) is 0 Å². The van der Waals surface area contributed by atoms with E-state index < -0.39 is 0 Å². The highest BCUT2D eigenvalue weighted by molar-refractivity contribution is 5.98. The predicted molar refractivity (Wildman–Crippen MR) is 140 cm³/mol. The minimum atomic E-state index is -0.0947. The van der Waals surface area contributed by atoms with Crippen LogP contribution in [0, 0.1) is 0 Å². The lowest BCUT2D eigenvalue weighted by molar-refractivity contribution is 0.0952. The van der Waals surface area contributed by atoms with Gasteiger partial charge in [0, 0.05) is 29.4 Å². The summed E-state index contributed by atoms with van der Waals surface area (Å²) in [7, 11) is 1.55. The van der Waals surface area contributed by atoms with Crippen LogP contribution in [0.3, 0.4) is 0 Å². The van der Waals surface area contributed by atoms with Crippen molar-refractivity contribution in [2.45, 2.75) is 25.7 Å². The number of benzene rings is 2. The summed E-state index contributed by atoms with van der Waals surface area (Å²) < 4.78 is 5.36. The molecule has 3 heterocycles. The Hall–Kier alpha value is -3.91. The summed E-state index contributed by atoms with van der Waals surface area (Å²) in [6.07, 6.45) is 6.31. The van der Waals surface area contributed by atoms with Gasteiger partial charge in [0.25, 0.3) is 5.91 Å². The monoisotopic (exact) mass is 485 g/mol. The highest BCUT2D eigenvalue weighted by Crippen LogP contribution is 2.40. The molecule has 3 N–H and O–H groups in total. The molecule has 1 saturated heterocycles. The largest absolute Gasteiger partial charge is 0.507 e. The number of carbonyl (C=O) groups excluding carboxylic acids is 1. The van der Waals surface area contributed by atoms with Crippen molar-refractivity contribution in [2.24, 2.45) is 0 Å². The average molecular weight is 486 g/mol. The number of aromatic amines is 1. The number of para-hydroxylation sites is 1. The molecule has 0 atom stereocenters. The van der Waals surface area contributed by atoms with Gasteiger partial charge in [0.15, 0.2) is 0 Å². The van der Waals surface area contributed by atoms with Gasteiger partial charge >= 0.3 is 0 Å². The molecule has 1 aliphatic heterocycles. The number of hydrogen-bond donors (Lipinski definition) is 3. The molecule has 0 radical (unpaired) electrons. The minimum absolute atomic E-state index is 0.0785. The normalized spacial score (nSPS) is 13.8. The number of amides is 1. The predicted octanol–water partition coefficient (Wildman–Crippen LogP) is 4.61. The number of methoxy groups -OCH3 is 1. The van der Waals surface area contributed by atoms with Crippen molar-refractivity contribution in [3.05, 3.63) is 60.3 Å². The second-order valence-electron chi connectivity index (χ2n) is 9.09. The molecule has 1 aliphatic rings. The molecule has 8 heteroatoms. The number of hydrogen-bond acceptors (Lipinski definition) is 6. The maximum Gasteiger partial charge on any atom is 0.251 e. The first-order valence-corrected chi connectivity index (χ1v) is 12.5. The van der Waals surface area contributed by atoms with Crippen LogP contribution in [0.5, 0.6) is 11.6 Å². The molecule has 2 aromatic heterocycles. The van der Waals surface area contributed by atoms with E-state index in [0.717, 1.165) is 30.4 Å². The third kappa shape index (κ3) is 5.04. The number of unbranched alkanes of at least 4 members (excludes halogenated alkanes) is 1. The minimum Gasteiger partial charge on any atom is -0.507 e. The first-order valence-electron chi connectivity index (χ1n) is 12.5. The lowest BCUT2D eigenvalue weighted by Gasteiger charge is -2.14. The Balaban J connectivity index is 1.30. The number of ether oxygens (including phenoxy) is 1. The Morgan fingerprint density at radius 3 is 2.72 bits per heavy atom. The molecule has 1 fully saturated rings. The van der Waals surface area contributed by atoms with E-state index in [2.05, 4.69) is 25.2 Å². The van der Waals surface area contributed by atoms with E-state index >= 15 is 0 Å². The third-order valence-corrected chi connectivity index (χ3v) is 6.68. The first-order chi connectivity index (χ1) is 17.6. The fourth-order valence-corrected chi connectivity index (χ4v) is 4.76. The van der Waals surface area contributed by atoms with Gasteiger partial charge in [-0.3, -0.25) is 4.79 Å². The van der Waals surface area contributed by atoms with Gasteiger partial charge in [0.05, 0.1) is 23.7 Å². The summed E-state index contributed by atoms with van der Waals surface area (Å²) in [4.78, 5) is 27.3. The van der Waals surface area contributed by atoms with Crippen LogP contribution >= 0.6 is 0 Å². The van der Waals surface area contributed by atoms with Crippen molar-refractivity contribution in [3.63, 3.8) is 0 Å². The number of carbonyl (C=O) groups is 1. The smallest absolute Gasteiger partial charge is 0.251 e. The molecule has 4 aromatic rings. The van der Waals surface area contributed by atoms with Crippen LogP contribution in [0.25, 0.3) is 33.5 Å². The van der Waals surface area contributed by atoms with Crippen LogP contribution in [-0.4, -0.2) is 64.2 Å². The van der Waals surface area contributed by atoms with Crippen molar-refractivity contribution in [3.8, 4) is 34.1 Å². The summed E-state index contributed by atoms with van der Waals surface area (Å²) in [5, 5.41) is 14.1. The van der Waals surface area contributed by atoms with Crippen molar-refractivity contribution < 1.29 is 14.6 Å². The SMILES string of the molecule is COc1ncccc1-c1cccc(-c2nc3ccc(C(=O)NCCCCN4CCCC4)cc3[nH]2)c1O. The van der Waals surface area contributed by atoms with Crippen LogP contribution in [0.2, 0.25) is 0 Å². The van der Waals surface area contributed by atoms with Gasteiger partial charge in [-0.1, -0.05) is 12.1 Å². The van der Waals surface area contributed by atoms with E-state index in [1.807, 2.05) is 24.3 Å². The molecule has 0 saturated carbocycles. The summed E-state index contributed by atoms with van der Waals surface area (Å²) in [5.74, 6) is 0.936. The van der Waals surface area contributed by atoms with Gasteiger partial charge in [-0.05, 0) is 81.7 Å². The van der Waals surface area contributed by atoms with Gasteiger partial charge in [0.2, 0.25) is 5.88 Å². The Morgan fingerprint density at radius 2 is 1.89 bits per heavy atom. The lowest BCUT2D eigenvalue weighted by atomic mass is 10.0. The zero-order valence-corrected chi connectivity index (χ0v) is 20.5. The van der Waals surface area contributed by atoms with E-state index in [9.17, 15) is 9.90 Å². The fourth-order valence-electron chi connectivity index (χ4n) is 4.76. The molecule has 186 valence electrons. The number of H-pyrrole nitrogens is 1. The Kier molecular flexibility index (Phi) is 7.13. The molecule has 5 rings (SSSR count). The molecule has 0 unspecified atom stereocenters. The van der Waals surface area contributed by atoms with Crippen molar-refractivity contribution >= 4 is 16.9 Å². The molecule has 0 spiro atoms. The summed E-state index contributed by atoms with van der Waals surface area (Å²) in [6.45, 7) is 4.19. The van der Waals surface area contributed by atoms with Crippen LogP contribution < -0.4 is 10.1 Å². The highest BCUT2D eigenvalue weighted by Gasteiger charge is 2.17.